The van der Waals surface area contributed by atoms with Crippen LogP contribution < -0.4 is 0 Å². The Balaban J connectivity index is 1.40. The summed E-state index contributed by atoms with van der Waals surface area (Å²) in [4.78, 5) is 26.4. The summed E-state index contributed by atoms with van der Waals surface area (Å²) in [5.41, 5.74) is 11.1. The Morgan fingerprint density at radius 2 is 1.42 bits per heavy atom. The second-order valence-electron chi connectivity index (χ2n) is 10.5. The zero-order chi connectivity index (χ0) is 24.6. The van der Waals surface area contributed by atoms with Gasteiger partial charge in [-0.1, -0.05) is 58.0 Å². The van der Waals surface area contributed by atoms with Crippen LogP contribution in [0.15, 0.2) is 48.8 Å². The first-order valence-corrected chi connectivity index (χ1v) is 12.8. The molecule has 0 bridgehead atoms. The van der Waals surface area contributed by atoms with Crippen molar-refractivity contribution in [3.63, 3.8) is 0 Å². The van der Waals surface area contributed by atoms with Crippen LogP contribution in [0.3, 0.4) is 0 Å². The van der Waals surface area contributed by atoms with Crippen molar-refractivity contribution in [2.75, 3.05) is 0 Å². The second-order valence-corrected chi connectivity index (χ2v) is 10.5. The van der Waals surface area contributed by atoms with Crippen molar-refractivity contribution in [2.24, 2.45) is 0 Å². The molecule has 178 valence electrons. The number of benzene rings is 3. The maximum absolute atomic E-state index is 4.95. The van der Waals surface area contributed by atoms with Gasteiger partial charge in [0, 0.05) is 46.3 Å². The van der Waals surface area contributed by atoms with Gasteiger partial charge in [-0.05, 0) is 35.6 Å². The van der Waals surface area contributed by atoms with Gasteiger partial charge < -0.3 is 9.97 Å². The standard InChI is InChI=1S/C30H28N6/c1-15(2)29-33-23-10-7-19-13-17(5-8-20(19)24(23)34-29)18-6-9-21-22(14-18)25-27(32-12-11-31-25)28-26(21)35-30(36-28)16(3)4/h5-6,8-9,11-16H,7,10H2,1-4H3,(H,33,34)(H,35,36). The number of H-pyrrole nitrogens is 2. The van der Waals surface area contributed by atoms with Crippen molar-refractivity contribution in [2.45, 2.75) is 52.4 Å². The van der Waals surface area contributed by atoms with Gasteiger partial charge in [0.1, 0.15) is 17.2 Å². The fraction of sp³-hybridized carbons (Fsp3) is 0.267. The topological polar surface area (TPSA) is 83.1 Å². The van der Waals surface area contributed by atoms with E-state index in [2.05, 4.69) is 79.0 Å². The highest BCUT2D eigenvalue weighted by Crippen LogP contribution is 2.38. The number of nitrogens with one attached hydrogen (secondary N) is 2. The number of aryl methyl sites for hydroxylation is 2. The summed E-state index contributed by atoms with van der Waals surface area (Å²) in [5, 5.41) is 2.18. The summed E-state index contributed by atoms with van der Waals surface area (Å²) < 4.78 is 0. The van der Waals surface area contributed by atoms with Crippen LogP contribution in [0.25, 0.3) is 55.2 Å². The van der Waals surface area contributed by atoms with Crippen molar-refractivity contribution in [1.82, 2.24) is 29.9 Å². The highest BCUT2D eigenvalue weighted by molar-refractivity contribution is 6.21. The minimum atomic E-state index is 0.306. The minimum absolute atomic E-state index is 0.306. The third-order valence-electron chi connectivity index (χ3n) is 7.42. The number of nitrogens with zero attached hydrogens (tertiary/aromatic N) is 4. The SMILES string of the molecule is CC(C)c1nc2c([nH]1)CCc1cc(-c3ccc4c(c3)c3nccnc3c3[nH]c(C(C)C)nc43)ccc1-2. The highest BCUT2D eigenvalue weighted by Gasteiger charge is 2.22. The molecule has 0 saturated carbocycles. The van der Waals surface area contributed by atoms with Gasteiger partial charge in [-0.25, -0.2) is 9.97 Å². The van der Waals surface area contributed by atoms with E-state index in [0.29, 0.717) is 11.8 Å². The van der Waals surface area contributed by atoms with E-state index in [1.165, 1.54) is 27.9 Å². The van der Waals surface area contributed by atoms with Crippen LogP contribution in [0, 0.1) is 0 Å². The molecule has 3 aromatic carbocycles. The van der Waals surface area contributed by atoms with E-state index < -0.39 is 0 Å². The Labute approximate surface area is 209 Å². The average Bonchev–Trinajstić information content (AvgIpc) is 3.54. The number of fused-ring (bicyclic) bond motifs is 9. The van der Waals surface area contributed by atoms with Crippen molar-refractivity contribution in [3.05, 3.63) is 71.7 Å². The third-order valence-corrected chi connectivity index (χ3v) is 7.42. The van der Waals surface area contributed by atoms with Crippen LogP contribution in [0.4, 0.5) is 0 Å². The van der Waals surface area contributed by atoms with E-state index in [1.807, 2.05) is 0 Å². The molecule has 0 radical (unpaired) electrons. The summed E-state index contributed by atoms with van der Waals surface area (Å²) in [6.45, 7) is 8.67. The molecule has 1 aliphatic rings. The molecular weight excluding hydrogens is 444 g/mol. The molecule has 0 spiro atoms. The molecule has 6 heteroatoms. The molecule has 36 heavy (non-hydrogen) atoms. The normalized spacial score (nSPS) is 13.3. The van der Waals surface area contributed by atoms with Crippen LogP contribution in [-0.2, 0) is 12.8 Å². The zero-order valence-electron chi connectivity index (χ0n) is 21.0. The zero-order valence-corrected chi connectivity index (χ0v) is 21.0. The Morgan fingerprint density at radius 1 is 0.694 bits per heavy atom. The molecule has 0 saturated heterocycles. The first kappa shape index (κ1) is 21.2. The summed E-state index contributed by atoms with van der Waals surface area (Å²) in [6, 6.07) is 13.4. The average molecular weight is 473 g/mol. The molecule has 3 aromatic heterocycles. The fourth-order valence-corrected chi connectivity index (χ4v) is 5.45. The molecule has 0 unspecified atom stereocenters. The second kappa shape index (κ2) is 7.72. The largest absolute Gasteiger partial charge is 0.345 e. The summed E-state index contributed by atoms with van der Waals surface area (Å²) >= 11 is 0. The molecule has 6 aromatic rings. The lowest BCUT2D eigenvalue weighted by Gasteiger charge is -2.17. The first-order valence-electron chi connectivity index (χ1n) is 12.8. The summed E-state index contributed by atoms with van der Waals surface area (Å²) in [6.07, 6.45) is 5.54. The van der Waals surface area contributed by atoms with Gasteiger partial charge in [0.2, 0.25) is 0 Å². The van der Waals surface area contributed by atoms with Crippen LogP contribution in [0.1, 0.15) is 62.4 Å². The van der Waals surface area contributed by atoms with Gasteiger partial charge >= 0.3 is 0 Å². The lowest BCUT2D eigenvalue weighted by atomic mass is 9.89. The number of rotatable bonds is 3. The summed E-state index contributed by atoms with van der Waals surface area (Å²) in [7, 11) is 0. The molecule has 0 fully saturated rings. The van der Waals surface area contributed by atoms with Gasteiger partial charge in [0.05, 0.1) is 22.2 Å². The number of imidazole rings is 2. The molecule has 2 N–H and O–H groups in total. The quantitative estimate of drug-likeness (QED) is 0.270. The Bertz CT molecular complexity index is 1800. The van der Waals surface area contributed by atoms with E-state index in [9.17, 15) is 0 Å². The predicted molar refractivity (Wildman–Crippen MR) is 145 cm³/mol. The monoisotopic (exact) mass is 472 g/mol. The Morgan fingerprint density at radius 3 is 2.22 bits per heavy atom. The molecule has 0 atom stereocenters. The van der Waals surface area contributed by atoms with Crippen molar-refractivity contribution in [3.8, 4) is 22.4 Å². The molecule has 0 aliphatic heterocycles. The van der Waals surface area contributed by atoms with Gasteiger partial charge in [-0.3, -0.25) is 9.97 Å². The van der Waals surface area contributed by atoms with Crippen LogP contribution in [0.2, 0.25) is 0 Å². The van der Waals surface area contributed by atoms with E-state index in [-0.39, 0.29) is 0 Å². The fourth-order valence-electron chi connectivity index (χ4n) is 5.45. The van der Waals surface area contributed by atoms with Gasteiger partial charge in [0.15, 0.2) is 0 Å². The van der Waals surface area contributed by atoms with Gasteiger partial charge in [0.25, 0.3) is 0 Å². The maximum Gasteiger partial charge on any atom is 0.115 e. The number of hydrogen-bond acceptors (Lipinski definition) is 4. The molecule has 7 rings (SSSR count). The third kappa shape index (κ3) is 3.10. The molecular formula is C30H28N6. The van der Waals surface area contributed by atoms with Crippen LogP contribution in [0.5, 0.6) is 0 Å². The van der Waals surface area contributed by atoms with Crippen molar-refractivity contribution >= 4 is 32.8 Å². The Hall–Kier alpha value is -4.06. The summed E-state index contributed by atoms with van der Waals surface area (Å²) in [5.74, 6) is 2.75. The number of aromatic amines is 2. The lowest BCUT2D eigenvalue weighted by molar-refractivity contribution is 0.787. The predicted octanol–water partition coefficient (Wildman–Crippen LogP) is 7.06. The van der Waals surface area contributed by atoms with Gasteiger partial charge in [-0.15, -0.1) is 0 Å². The molecule has 1 aliphatic carbocycles. The van der Waals surface area contributed by atoms with Crippen molar-refractivity contribution in [1.29, 1.82) is 0 Å². The smallest absolute Gasteiger partial charge is 0.115 e. The van der Waals surface area contributed by atoms with E-state index in [1.54, 1.807) is 12.4 Å². The van der Waals surface area contributed by atoms with Crippen LogP contribution in [-0.4, -0.2) is 29.9 Å². The lowest BCUT2D eigenvalue weighted by Crippen LogP contribution is -2.03. The first-order chi connectivity index (χ1) is 17.5. The van der Waals surface area contributed by atoms with E-state index in [4.69, 9.17) is 15.0 Å². The molecule has 6 nitrogen and oxygen atoms in total. The van der Waals surface area contributed by atoms with E-state index in [0.717, 1.165) is 63.0 Å². The molecule has 3 heterocycles. The minimum Gasteiger partial charge on any atom is -0.345 e. The van der Waals surface area contributed by atoms with Gasteiger partial charge in [-0.2, -0.15) is 0 Å². The maximum atomic E-state index is 4.95. The molecule has 0 amide bonds. The number of hydrogen-bond donors (Lipinski definition) is 2. The number of aromatic nitrogens is 6. The Kier molecular flexibility index (Phi) is 4.55. The van der Waals surface area contributed by atoms with Crippen LogP contribution >= 0.6 is 0 Å². The van der Waals surface area contributed by atoms with Crippen molar-refractivity contribution < 1.29 is 0 Å². The highest BCUT2D eigenvalue weighted by atomic mass is 15.0. The van der Waals surface area contributed by atoms with E-state index >= 15 is 0 Å².